The summed E-state index contributed by atoms with van der Waals surface area (Å²) < 4.78 is 0. The number of hydrogen-bond acceptors (Lipinski definition) is 4. The highest BCUT2D eigenvalue weighted by Gasteiger charge is 2.32. The Morgan fingerprint density at radius 1 is 1.14 bits per heavy atom. The Kier molecular flexibility index (Phi) is 6.02. The summed E-state index contributed by atoms with van der Waals surface area (Å²) in [5.41, 5.74) is -0.722. The van der Waals surface area contributed by atoms with Crippen LogP contribution in [-0.2, 0) is 4.79 Å². The molecule has 1 atom stereocenters. The average molecular weight is 297 g/mol. The van der Waals surface area contributed by atoms with E-state index in [4.69, 9.17) is 0 Å². The maximum absolute atomic E-state index is 12.3. The summed E-state index contributed by atoms with van der Waals surface area (Å²) in [6.07, 6.45) is 6.40. The monoisotopic (exact) mass is 297 g/mol. The molecule has 0 saturated carbocycles. The van der Waals surface area contributed by atoms with Crippen LogP contribution in [0.25, 0.3) is 0 Å². The topological polar surface area (TPSA) is 55.8 Å². The molecule has 0 aromatic rings. The number of aliphatic hydroxyl groups is 1. The van der Waals surface area contributed by atoms with Crippen LogP contribution in [-0.4, -0.2) is 72.2 Å². The molecule has 21 heavy (non-hydrogen) atoms. The molecule has 0 bridgehead atoms. The van der Waals surface area contributed by atoms with Gasteiger partial charge in [-0.25, -0.2) is 0 Å². The molecular weight excluding hydrogens is 266 g/mol. The number of nitrogens with zero attached hydrogens (tertiary/aromatic N) is 2. The highest BCUT2D eigenvalue weighted by molar-refractivity contribution is 5.81. The molecule has 0 aromatic carbocycles. The number of rotatable bonds is 4. The Hall–Kier alpha value is -0.650. The van der Waals surface area contributed by atoms with Crippen LogP contribution in [0.2, 0.25) is 0 Å². The lowest BCUT2D eigenvalue weighted by molar-refractivity contribution is -0.127. The van der Waals surface area contributed by atoms with Gasteiger partial charge in [0, 0.05) is 19.6 Å². The van der Waals surface area contributed by atoms with E-state index < -0.39 is 5.60 Å². The fourth-order valence-corrected chi connectivity index (χ4v) is 3.26. The van der Waals surface area contributed by atoms with Crippen LogP contribution >= 0.6 is 0 Å². The quantitative estimate of drug-likeness (QED) is 0.807. The summed E-state index contributed by atoms with van der Waals surface area (Å²) in [5.74, 6) is 0.0595. The smallest absolute Gasteiger partial charge is 0.237 e. The van der Waals surface area contributed by atoms with Crippen molar-refractivity contribution in [1.29, 1.82) is 0 Å². The van der Waals surface area contributed by atoms with Crippen LogP contribution in [0.3, 0.4) is 0 Å². The van der Waals surface area contributed by atoms with Crippen LogP contribution in [0.15, 0.2) is 0 Å². The van der Waals surface area contributed by atoms with Crippen LogP contribution in [0.1, 0.15) is 45.4 Å². The molecule has 1 amide bonds. The lowest BCUT2D eigenvalue weighted by Crippen LogP contribution is -2.53. The van der Waals surface area contributed by atoms with E-state index in [1.165, 1.54) is 25.7 Å². The van der Waals surface area contributed by atoms with Gasteiger partial charge in [-0.15, -0.1) is 0 Å². The van der Waals surface area contributed by atoms with E-state index in [2.05, 4.69) is 22.2 Å². The number of piperidine rings is 1. The van der Waals surface area contributed by atoms with Gasteiger partial charge in [0.15, 0.2) is 0 Å². The van der Waals surface area contributed by atoms with Gasteiger partial charge in [-0.2, -0.15) is 0 Å². The van der Waals surface area contributed by atoms with Crippen molar-refractivity contribution in [3.63, 3.8) is 0 Å². The first-order chi connectivity index (χ1) is 10.0. The SMILES string of the molecule is C[C@@H](C(=O)NCC1(O)CCN(C)CC1)N1CCCCCC1. The first-order valence-corrected chi connectivity index (χ1v) is 8.43. The minimum absolute atomic E-state index is 0.0595. The Bertz CT molecular complexity index is 332. The first-order valence-electron chi connectivity index (χ1n) is 8.43. The van der Waals surface area contributed by atoms with Gasteiger partial charge < -0.3 is 15.3 Å². The summed E-state index contributed by atoms with van der Waals surface area (Å²) >= 11 is 0. The van der Waals surface area contributed by atoms with E-state index in [0.29, 0.717) is 6.54 Å². The second-order valence-corrected chi connectivity index (χ2v) is 6.87. The van der Waals surface area contributed by atoms with Crippen molar-refractivity contribution in [2.45, 2.75) is 57.1 Å². The third-order valence-corrected chi connectivity index (χ3v) is 5.08. The highest BCUT2D eigenvalue weighted by atomic mass is 16.3. The van der Waals surface area contributed by atoms with Crippen molar-refractivity contribution in [3.8, 4) is 0 Å². The van der Waals surface area contributed by atoms with Gasteiger partial charge in [0.25, 0.3) is 0 Å². The summed E-state index contributed by atoms with van der Waals surface area (Å²) in [6.45, 7) is 6.20. The van der Waals surface area contributed by atoms with E-state index in [1.54, 1.807) is 0 Å². The number of carbonyl (C=O) groups is 1. The number of amides is 1. The molecule has 5 heteroatoms. The normalized spacial score (nSPS) is 26.0. The second-order valence-electron chi connectivity index (χ2n) is 6.87. The van der Waals surface area contributed by atoms with Gasteiger partial charge in [-0.05, 0) is 52.7 Å². The fraction of sp³-hybridized carbons (Fsp3) is 0.938. The predicted molar refractivity (Wildman–Crippen MR) is 84.2 cm³/mol. The van der Waals surface area contributed by atoms with Gasteiger partial charge in [0.1, 0.15) is 0 Å². The maximum Gasteiger partial charge on any atom is 0.237 e. The zero-order valence-electron chi connectivity index (χ0n) is 13.6. The number of hydrogen-bond donors (Lipinski definition) is 2. The minimum Gasteiger partial charge on any atom is -0.388 e. The summed E-state index contributed by atoms with van der Waals surface area (Å²) in [4.78, 5) is 16.8. The summed E-state index contributed by atoms with van der Waals surface area (Å²) in [6, 6.07) is -0.0852. The number of likely N-dealkylation sites (tertiary alicyclic amines) is 2. The van der Waals surface area contributed by atoms with Gasteiger partial charge in [-0.1, -0.05) is 12.8 Å². The van der Waals surface area contributed by atoms with Gasteiger partial charge in [0.05, 0.1) is 11.6 Å². The fourth-order valence-electron chi connectivity index (χ4n) is 3.26. The molecule has 2 fully saturated rings. The molecule has 2 aliphatic rings. The third kappa shape index (κ3) is 4.94. The van der Waals surface area contributed by atoms with Gasteiger partial charge in [0.2, 0.25) is 5.91 Å². The average Bonchev–Trinajstić information content (AvgIpc) is 2.77. The largest absolute Gasteiger partial charge is 0.388 e. The van der Waals surface area contributed by atoms with Crippen LogP contribution in [0, 0.1) is 0 Å². The van der Waals surface area contributed by atoms with Crippen LogP contribution in [0.5, 0.6) is 0 Å². The van der Waals surface area contributed by atoms with E-state index in [-0.39, 0.29) is 11.9 Å². The molecule has 2 rings (SSSR count). The van der Waals surface area contributed by atoms with Crippen molar-refractivity contribution >= 4 is 5.91 Å². The summed E-state index contributed by atoms with van der Waals surface area (Å²) in [7, 11) is 2.07. The minimum atomic E-state index is -0.722. The van der Waals surface area contributed by atoms with E-state index in [1.807, 2.05) is 6.92 Å². The standard InChI is InChI=1S/C16H31N3O2/c1-14(19-9-5-3-4-6-10-19)15(20)17-13-16(21)7-11-18(2)12-8-16/h14,21H,3-13H2,1-2H3,(H,17,20)/t14-/m0/s1. The molecule has 2 saturated heterocycles. The number of carbonyl (C=O) groups excluding carboxylic acids is 1. The van der Waals surface area contributed by atoms with Gasteiger partial charge in [-0.3, -0.25) is 9.69 Å². The first kappa shape index (κ1) is 16.7. The Morgan fingerprint density at radius 3 is 2.29 bits per heavy atom. The molecular formula is C16H31N3O2. The molecule has 0 aromatic heterocycles. The predicted octanol–water partition coefficient (Wildman–Crippen LogP) is 0.824. The molecule has 0 aliphatic carbocycles. The highest BCUT2D eigenvalue weighted by Crippen LogP contribution is 2.20. The van der Waals surface area contributed by atoms with Crippen molar-refractivity contribution < 1.29 is 9.90 Å². The molecule has 2 N–H and O–H groups in total. The van der Waals surface area contributed by atoms with Crippen LogP contribution < -0.4 is 5.32 Å². The zero-order valence-corrected chi connectivity index (χ0v) is 13.6. The van der Waals surface area contributed by atoms with Crippen LogP contribution in [0.4, 0.5) is 0 Å². The van der Waals surface area contributed by atoms with Crippen molar-refractivity contribution in [2.24, 2.45) is 0 Å². The van der Waals surface area contributed by atoms with E-state index in [9.17, 15) is 9.90 Å². The van der Waals surface area contributed by atoms with Gasteiger partial charge >= 0.3 is 0 Å². The molecule has 2 aliphatic heterocycles. The Labute approximate surface area is 128 Å². The van der Waals surface area contributed by atoms with E-state index >= 15 is 0 Å². The molecule has 0 spiro atoms. The molecule has 0 unspecified atom stereocenters. The lowest BCUT2D eigenvalue weighted by atomic mass is 9.91. The maximum atomic E-state index is 12.3. The van der Waals surface area contributed by atoms with Crippen molar-refractivity contribution in [3.05, 3.63) is 0 Å². The number of nitrogens with one attached hydrogen (secondary N) is 1. The molecule has 0 radical (unpaired) electrons. The Morgan fingerprint density at radius 2 is 1.71 bits per heavy atom. The Balaban J connectivity index is 1.77. The zero-order chi connectivity index (χ0) is 15.3. The second kappa shape index (κ2) is 7.56. The molecule has 5 nitrogen and oxygen atoms in total. The molecule has 2 heterocycles. The van der Waals surface area contributed by atoms with Crippen molar-refractivity contribution in [1.82, 2.24) is 15.1 Å². The summed E-state index contributed by atoms with van der Waals surface area (Å²) in [5, 5.41) is 13.5. The molecule has 122 valence electrons. The van der Waals surface area contributed by atoms with E-state index in [0.717, 1.165) is 39.0 Å². The lowest BCUT2D eigenvalue weighted by Gasteiger charge is -2.37. The van der Waals surface area contributed by atoms with Crippen molar-refractivity contribution in [2.75, 3.05) is 39.8 Å². The third-order valence-electron chi connectivity index (χ3n) is 5.08.